The second kappa shape index (κ2) is 12.9. The van der Waals surface area contributed by atoms with Crippen molar-refractivity contribution >= 4 is 18.3 Å². The van der Waals surface area contributed by atoms with Crippen LogP contribution < -0.4 is 10.6 Å². The number of nitrogens with one attached hydrogen (secondary N) is 3. The zero-order valence-electron chi connectivity index (χ0n) is 22.7. The quantitative estimate of drug-likeness (QED) is 0.320. The molecule has 2 aliphatic heterocycles. The van der Waals surface area contributed by atoms with Crippen molar-refractivity contribution < 1.29 is 28.6 Å². The van der Waals surface area contributed by atoms with Gasteiger partial charge >= 0.3 is 5.97 Å². The van der Waals surface area contributed by atoms with Crippen molar-refractivity contribution in [3.05, 3.63) is 48.2 Å². The number of anilines is 1. The van der Waals surface area contributed by atoms with Gasteiger partial charge in [-0.15, -0.1) is 0 Å². The number of carbonyl (C=O) groups excluding carboxylic acids is 1. The van der Waals surface area contributed by atoms with E-state index in [1.54, 1.807) is 45.4 Å². The van der Waals surface area contributed by atoms with Crippen LogP contribution in [-0.2, 0) is 19.1 Å². The first kappa shape index (κ1) is 29.1. The van der Waals surface area contributed by atoms with Crippen molar-refractivity contribution in [2.45, 2.75) is 32.1 Å². The van der Waals surface area contributed by atoms with Crippen LogP contribution in [0, 0.1) is 11.2 Å². The van der Waals surface area contributed by atoms with Gasteiger partial charge in [0, 0.05) is 31.9 Å². The summed E-state index contributed by atoms with van der Waals surface area (Å²) in [6, 6.07) is 8.05. The van der Waals surface area contributed by atoms with E-state index in [4.69, 9.17) is 14.5 Å². The summed E-state index contributed by atoms with van der Waals surface area (Å²) in [5, 5.41) is 16.2. The largest absolute Gasteiger partial charge is 0.481 e. The van der Waals surface area contributed by atoms with Gasteiger partial charge in [0.25, 0.3) is 0 Å². The molecule has 214 valence electrons. The van der Waals surface area contributed by atoms with Gasteiger partial charge in [-0.05, 0) is 63.2 Å². The zero-order chi connectivity index (χ0) is 28.7. The predicted molar refractivity (Wildman–Crippen MR) is 145 cm³/mol. The Kier molecular flexibility index (Phi) is 9.40. The molecule has 0 aliphatic carbocycles. The number of hydrogen-bond acceptors (Lipinski definition) is 9. The number of aliphatic carboxylic acids is 1. The Bertz CT molecular complexity index is 1290. The van der Waals surface area contributed by atoms with Crippen LogP contribution in [0.25, 0.3) is 22.6 Å². The normalized spacial score (nSPS) is 21.1. The summed E-state index contributed by atoms with van der Waals surface area (Å²) in [7, 11) is 3.38. The van der Waals surface area contributed by atoms with Gasteiger partial charge in [0.05, 0.1) is 30.3 Å². The topological polar surface area (TPSA) is 155 Å². The van der Waals surface area contributed by atoms with E-state index < -0.39 is 17.7 Å². The lowest BCUT2D eigenvalue weighted by Gasteiger charge is -2.33. The Hall–Kier alpha value is -3.94. The summed E-state index contributed by atoms with van der Waals surface area (Å²) >= 11 is 0. The Balaban J connectivity index is 0.000000681. The summed E-state index contributed by atoms with van der Waals surface area (Å²) in [5.41, 5.74) is 1.29. The minimum Gasteiger partial charge on any atom is -0.481 e. The standard InChI is InChI=1S/C24H27FN6O4.C3H7NO/c1-24(22(32)33)12-34-21(35-13-24)20-30-18(14-2-4-15(25)5-3-14)19(31-20)17-8-11-27-23(29-17)28-16-6-9-26-10-7-16;1-4(2)3-5/h2-5,8,11,16,21,26H,6-7,9-10,12-13H2,1H3,(H,30,31)(H,32,33)(H,27,28,29);3H,1-2H3. The van der Waals surface area contributed by atoms with Crippen LogP contribution in [0.3, 0.4) is 0 Å². The Morgan fingerprint density at radius 3 is 2.40 bits per heavy atom. The van der Waals surface area contributed by atoms with E-state index in [1.807, 2.05) is 0 Å². The molecule has 2 aliphatic rings. The molecule has 0 saturated carbocycles. The smallest absolute Gasteiger partial charge is 0.314 e. The lowest BCUT2D eigenvalue weighted by Crippen LogP contribution is -2.42. The molecular formula is C27H34FN7O5. The highest BCUT2D eigenvalue weighted by Crippen LogP contribution is 2.35. The third-order valence-corrected chi connectivity index (χ3v) is 6.48. The number of nitrogens with zero attached hydrogens (tertiary/aromatic N) is 4. The van der Waals surface area contributed by atoms with E-state index in [2.05, 4.69) is 25.6 Å². The molecule has 5 rings (SSSR count). The molecular weight excluding hydrogens is 521 g/mol. The number of imidazole rings is 1. The Labute approximate surface area is 231 Å². The summed E-state index contributed by atoms with van der Waals surface area (Å²) in [5.74, 6) is -0.456. The number of aromatic amines is 1. The third kappa shape index (κ3) is 7.17. The molecule has 4 heterocycles. The first-order valence-electron chi connectivity index (χ1n) is 12.9. The van der Waals surface area contributed by atoms with Gasteiger partial charge in [0.1, 0.15) is 11.2 Å². The van der Waals surface area contributed by atoms with Crippen LogP contribution in [0.1, 0.15) is 31.9 Å². The first-order chi connectivity index (χ1) is 19.2. The maximum atomic E-state index is 13.6. The van der Waals surface area contributed by atoms with E-state index in [-0.39, 0.29) is 25.1 Å². The second-order valence-electron chi connectivity index (χ2n) is 10.2. The van der Waals surface area contributed by atoms with Crippen LogP contribution in [0.2, 0.25) is 0 Å². The van der Waals surface area contributed by atoms with Gasteiger partial charge < -0.3 is 35.1 Å². The molecule has 4 N–H and O–H groups in total. The van der Waals surface area contributed by atoms with Gasteiger partial charge in [-0.3, -0.25) is 9.59 Å². The molecule has 0 unspecified atom stereocenters. The number of benzene rings is 1. The molecule has 1 amide bonds. The summed E-state index contributed by atoms with van der Waals surface area (Å²) in [6.07, 6.45) is 3.51. The maximum Gasteiger partial charge on any atom is 0.314 e. The van der Waals surface area contributed by atoms with E-state index in [1.165, 1.54) is 17.0 Å². The maximum absolute atomic E-state index is 13.6. The van der Waals surface area contributed by atoms with E-state index in [0.29, 0.717) is 34.4 Å². The van der Waals surface area contributed by atoms with E-state index in [0.717, 1.165) is 32.3 Å². The van der Waals surface area contributed by atoms with Crippen LogP contribution in [0.4, 0.5) is 10.3 Å². The number of carboxylic acids is 1. The van der Waals surface area contributed by atoms with Gasteiger partial charge in [-0.2, -0.15) is 0 Å². The van der Waals surface area contributed by atoms with Crippen molar-refractivity contribution in [3.63, 3.8) is 0 Å². The highest BCUT2D eigenvalue weighted by molar-refractivity contribution is 5.77. The molecule has 40 heavy (non-hydrogen) atoms. The van der Waals surface area contributed by atoms with Crippen molar-refractivity contribution in [3.8, 4) is 22.6 Å². The Morgan fingerprint density at radius 2 is 1.80 bits per heavy atom. The van der Waals surface area contributed by atoms with Gasteiger partial charge in [-0.25, -0.2) is 19.3 Å². The number of aromatic nitrogens is 4. The van der Waals surface area contributed by atoms with Crippen molar-refractivity contribution in [2.24, 2.45) is 5.41 Å². The van der Waals surface area contributed by atoms with Crippen LogP contribution >= 0.6 is 0 Å². The molecule has 1 aromatic carbocycles. The number of piperidine rings is 1. The average molecular weight is 556 g/mol. The molecule has 12 nitrogen and oxygen atoms in total. The van der Waals surface area contributed by atoms with Crippen LogP contribution in [0.5, 0.6) is 0 Å². The minimum absolute atomic E-state index is 0.0211. The molecule has 3 aromatic rings. The number of amides is 1. The highest BCUT2D eigenvalue weighted by atomic mass is 19.1. The SMILES string of the molecule is CC1(C(=O)O)COC(c2nc(-c3ccc(F)cc3)c(-c3ccnc(NC4CCNCC4)n3)[nH]2)OC1.CN(C)C=O. The fourth-order valence-corrected chi connectivity index (χ4v) is 4.11. The Morgan fingerprint density at radius 1 is 1.15 bits per heavy atom. The molecule has 2 saturated heterocycles. The fourth-order valence-electron chi connectivity index (χ4n) is 4.11. The predicted octanol–water partition coefficient (Wildman–Crippen LogP) is 2.68. The summed E-state index contributed by atoms with van der Waals surface area (Å²) < 4.78 is 25.0. The number of halogens is 1. The van der Waals surface area contributed by atoms with E-state index >= 15 is 0 Å². The molecule has 0 atom stereocenters. The molecule has 0 bridgehead atoms. The number of hydrogen-bond donors (Lipinski definition) is 4. The molecule has 2 fully saturated rings. The lowest BCUT2D eigenvalue weighted by molar-refractivity contribution is -0.236. The number of rotatable bonds is 7. The van der Waals surface area contributed by atoms with Crippen molar-refractivity contribution in [1.82, 2.24) is 30.2 Å². The zero-order valence-corrected chi connectivity index (χ0v) is 22.7. The molecule has 0 radical (unpaired) electrons. The lowest BCUT2D eigenvalue weighted by atomic mass is 9.92. The van der Waals surface area contributed by atoms with E-state index in [9.17, 15) is 19.1 Å². The van der Waals surface area contributed by atoms with Crippen molar-refractivity contribution in [1.29, 1.82) is 0 Å². The molecule has 0 spiro atoms. The number of H-pyrrole nitrogens is 1. The number of carboxylic acid groups (broad SMARTS) is 1. The monoisotopic (exact) mass is 555 g/mol. The summed E-state index contributed by atoms with van der Waals surface area (Å²) in [4.78, 5) is 39.4. The third-order valence-electron chi connectivity index (χ3n) is 6.48. The number of carbonyl (C=O) groups is 2. The number of ether oxygens (including phenoxy) is 2. The van der Waals surface area contributed by atoms with Gasteiger partial charge in [0.15, 0.2) is 5.82 Å². The minimum atomic E-state index is -1.13. The second-order valence-corrected chi connectivity index (χ2v) is 10.2. The molecule has 2 aromatic heterocycles. The van der Waals surface area contributed by atoms with Gasteiger partial charge in [-0.1, -0.05) is 0 Å². The average Bonchev–Trinajstić information content (AvgIpc) is 3.40. The van der Waals surface area contributed by atoms with Crippen molar-refractivity contribution in [2.75, 3.05) is 45.7 Å². The molecule has 13 heteroatoms. The van der Waals surface area contributed by atoms with Crippen LogP contribution in [0.15, 0.2) is 36.5 Å². The van der Waals surface area contributed by atoms with Gasteiger partial charge in [0.2, 0.25) is 18.6 Å². The first-order valence-corrected chi connectivity index (χ1v) is 12.9. The fraction of sp³-hybridized carbons (Fsp3) is 0.444. The van der Waals surface area contributed by atoms with Crippen LogP contribution in [-0.4, -0.2) is 88.8 Å². The highest BCUT2D eigenvalue weighted by Gasteiger charge is 2.41. The summed E-state index contributed by atoms with van der Waals surface area (Å²) in [6.45, 7) is 3.41.